The van der Waals surface area contributed by atoms with E-state index >= 15 is 0 Å². The average molecular weight is 413 g/mol. The predicted molar refractivity (Wildman–Crippen MR) is 120 cm³/mol. The molecule has 0 bridgehead atoms. The minimum Gasteiger partial charge on any atom is -0.506 e. The van der Waals surface area contributed by atoms with E-state index in [1.807, 2.05) is 26.0 Å². The molecule has 6 heteroatoms. The number of benzene rings is 2. The molecule has 0 radical (unpaired) electrons. The summed E-state index contributed by atoms with van der Waals surface area (Å²) < 4.78 is 6.06. The zero-order chi connectivity index (χ0) is 22.3. The molecule has 6 nitrogen and oxygen atoms in total. The Kier molecular flexibility index (Phi) is 8.27. The second-order valence-electron chi connectivity index (χ2n) is 7.66. The number of phenolic OH excluding ortho intramolecular Hbond substituents is 1. The van der Waals surface area contributed by atoms with Crippen LogP contribution in [0.15, 0.2) is 30.3 Å². The van der Waals surface area contributed by atoms with Gasteiger partial charge in [-0.1, -0.05) is 26.7 Å². The van der Waals surface area contributed by atoms with Crippen LogP contribution < -0.4 is 15.4 Å². The van der Waals surface area contributed by atoms with E-state index in [-0.39, 0.29) is 23.5 Å². The minimum absolute atomic E-state index is 0.00287. The Balaban J connectivity index is 2.23. The number of rotatable bonds is 9. The Bertz CT molecular complexity index is 879. The van der Waals surface area contributed by atoms with Gasteiger partial charge in [0.25, 0.3) is 0 Å². The van der Waals surface area contributed by atoms with E-state index in [1.54, 1.807) is 12.1 Å². The van der Waals surface area contributed by atoms with Gasteiger partial charge in [0.1, 0.15) is 17.2 Å². The van der Waals surface area contributed by atoms with Gasteiger partial charge in [0.05, 0.1) is 5.69 Å². The summed E-state index contributed by atoms with van der Waals surface area (Å²) in [4.78, 5) is 23.9. The van der Waals surface area contributed by atoms with Crippen molar-refractivity contribution in [3.63, 3.8) is 0 Å². The van der Waals surface area contributed by atoms with Crippen molar-refractivity contribution in [2.75, 3.05) is 10.6 Å². The number of anilines is 2. The van der Waals surface area contributed by atoms with Gasteiger partial charge in [-0.15, -0.1) is 0 Å². The lowest BCUT2D eigenvalue weighted by atomic mass is 9.97. The maximum atomic E-state index is 12.7. The number of amides is 2. The van der Waals surface area contributed by atoms with Crippen molar-refractivity contribution in [2.45, 2.75) is 60.3 Å². The normalized spacial score (nSPS) is 10.7. The number of aryl methyl sites for hydroxylation is 2. The van der Waals surface area contributed by atoms with Crippen LogP contribution >= 0.6 is 0 Å². The smallest absolute Gasteiger partial charge is 0.227 e. The van der Waals surface area contributed by atoms with Gasteiger partial charge in [0, 0.05) is 24.6 Å². The van der Waals surface area contributed by atoms with Crippen LogP contribution in [0.3, 0.4) is 0 Å². The van der Waals surface area contributed by atoms with Crippen molar-refractivity contribution in [3.05, 3.63) is 41.5 Å². The van der Waals surface area contributed by atoms with Crippen LogP contribution in [-0.2, 0) is 9.59 Å². The fourth-order valence-electron chi connectivity index (χ4n) is 3.52. The third kappa shape index (κ3) is 6.24. The molecule has 2 aromatic carbocycles. The van der Waals surface area contributed by atoms with Gasteiger partial charge in [-0.05, 0) is 62.1 Å². The monoisotopic (exact) mass is 412 g/mol. The molecule has 0 aliphatic heterocycles. The highest BCUT2D eigenvalue weighted by Gasteiger charge is 2.18. The largest absolute Gasteiger partial charge is 0.506 e. The van der Waals surface area contributed by atoms with Crippen LogP contribution in [0.25, 0.3) is 0 Å². The molecule has 3 N–H and O–H groups in total. The lowest BCUT2D eigenvalue weighted by Gasteiger charge is -2.17. The zero-order valence-corrected chi connectivity index (χ0v) is 18.5. The molecule has 162 valence electrons. The lowest BCUT2D eigenvalue weighted by molar-refractivity contribution is -0.120. The lowest BCUT2D eigenvalue weighted by Crippen LogP contribution is -2.22. The molecule has 0 unspecified atom stereocenters. The highest BCUT2D eigenvalue weighted by Crippen LogP contribution is 2.35. The molecule has 0 spiro atoms. The van der Waals surface area contributed by atoms with Gasteiger partial charge in [0.15, 0.2) is 0 Å². The van der Waals surface area contributed by atoms with Crippen molar-refractivity contribution >= 4 is 23.2 Å². The maximum Gasteiger partial charge on any atom is 0.227 e. The first-order valence-electron chi connectivity index (χ1n) is 10.5. The zero-order valence-electron chi connectivity index (χ0n) is 18.5. The summed E-state index contributed by atoms with van der Waals surface area (Å²) in [5, 5.41) is 15.8. The highest BCUT2D eigenvalue weighted by atomic mass is 16.5. The van der Waals surface area contributed by atoms with Crippen LogP contribution in [0.2, 0.25) is 0 Å². The van der Waals surface area contributed by atoms with Crippen molar-refractivity contribution in [2.24, 2.45) is 5.92 Å². The van der Waals surface area contributed by atoms with E-state index in [2.05, 4.69) is 24.5 Å². The molecule has 2 rings (SSSR count). The fourth-order valence-corrected chi connectivity index (χ4v) is 3.52. The first kappa shape index (κ1) is 23.3. The summed E-state index contributed by atoms with van der Waals surface area (Å²) in [6.07, 6.45) is 3.49. The number of phenols is 1. The number of nitrogens with one attached hydrogen (secondary N) is 2. The number of aromatic hydroxyl groups is 1. The minimum atomic E-state index is -0.133. The topological polar surface area (TPSA) is 87.7 Å². The van der Waals surface area contributed by atoms with Crippen molar-refractivity contribution < 1.29 is 19.4 Å². The number of carbonyl (C=O) groups is 2. The van der Waals surface area contributed by atoms with E-state index in [1.165, 1.54) is 13.0 Å². The van der Waals surface area contributed by atoms with Gasteiger partial charge in [-0.2, -0.15) is 0 Å². The summed E-state index contributed by atoms with van der Waals surface area (Å²) in [6.45, 7) is 9.38. The van der Waals surface area contributed by atoms with Gasteiger partial charge in [-0.25, -0.2) is 0 Å². The Hall–Kier alpha value is -3.02. The molecular formula is C24H32N2O4. The summed E-state index contributed by atoms with van der Waals surface area (Å²) >= 11 is 0. The van der Waals surface area contributed by atoms with Crippen LogP contribution in [0.4, 0.5) is 11.4 Å². The standard InChI is InChI=1S/C24H32N2O4/c1-6-8-18(9-7-2)24(29)26-21-14-20(10-11-22(21)28)30-23-15(3)12-19(13-16(23)4)25-17(5)27/h10-14,18,28H,6-9H2,1-5H3,(H,25,27)(H,26,29). The van der Waals surface area contributed by atoms with E-state index < -0.39 is 0 Å². The Morgan fingerprint density at radius 3 is 2.13 bits per heavy atom. The van der Waals surface area contributed by atoms with Crippen molar-refractivity contribution in [1.82, 2.24) is 0 Å². The van der Waals surface area contributed by atoms with E-state index in [0.717, 1.165) is 36.8 Å². The molecule has 0 atom stereocenters. The average Bonchev–Trinajstić information content (AvgIpc) is 2.66. The van der Waals surface area contributed by atoms with Crippen LogP contribution in [-0.4, -0.2) is 16.9 Å². The van der Waals surface area contributed by atoms with Crippen LogP contribution in [0.1, 0.15) is 57.6 Å². The first-order valence-corrected chi connectivity index (χ1v) is 10.5. The Morgan fingerprint density at radius 2 is 1.60 bits per heavy atom. The predicted octanol–water partition coefficient (Wildman–Crippen LogP) is 5.91. The SMILES string of the molecule is CCCC(CCC)C(=O)Nc1cc(Oc2c(C)cc(NC(C)=O)cc2C)ccc1O. The summed E-state index contributed by atoms with van der Waals surface area (Å²) in [5.41, 5.74) is 2.77. The second-order valence-corrected chi connectivity index (χ2v) is 7.66. The third-order valence-electron chi connectivity index (χ3n) is 4.87. The summed E-state index contributed by atoms with van der Waals surface area (Å²) in [7, 11) is 0. The number of hydrogen-bond donors (Lipinski definition) is 3. The molecule has 0 aromatic heterocycles. The molecule has 2 amide bonds. The number of carbonyl (C=O) groups excluding carboxylic acids is 2. The van der Waals surface area contributed by atoms with Crippen LogP contribution in [0, 0.1) is 19.8 Å². The Labute approximate surface area is 178 Å². The maximum absolute atomic E-state index is 12.7. The van der Waals surface area contributed by atoms with E-state index in [0.29, 0.717) is 22.9 Å². The molecule has 0 aliphatic rings. The van der Waals surface area contributed by atoms with Crippen LogP contribution in [0.5, 0.6) is 17.2 Å². The molecule has 0 fully saturated rings. The van der Waals surface area contributed by atoms with Crippen molar-refractivity contribution in [3.8, 4) is 17.2 Å². The molecule has 0 aliphatic carbocycles. The van der Waals surface area contributed by atoms with E-state index in [9.17, 15) is 14.7 Å². The van der Waals surface area contributed by atoms with Crippen molar-refractivity contribution in [1.29, 1.82) is 0 Å². The summed E-state index contributed by atoms with van der Waals surface area (Å²) in [6, 6.07) is 8.47. The summed E-state index contributed by atoms with van der Waals surface area (Å²) in [5.74, 6) is 0.877. The van der Waals surface area contributed by atoms with Gasteiger partial charge < -0.3 is 20.5 Å². The number of hydrogen-bond acceptors (Lipinski definition) is 4. The van der Waals surface area contributed by atoms with E-state index in [4.69, 9.17) is 4.74 Å². The molecule has 0 heterocycles. The third-order valence-corrected chi connectivity index (χ3v) is 4.87. The first-order chi connectivity index (χ1) is 14.2. The Morgan fingerprint density at radius 1 is 1.00 bits per heavy atom. The molecule has 0 saturated heterocycles. The van der Waals surface area contributed by atoms with Gasteiger partial charge in [-0.3, -0.25) is 9.59 Å². The molecule has 30 heavy (non-hydrogen) atoms. The second kappa shape index (κ2) is 10.7. The molecule has 0 saturated carbocycles. The molecular weight excluding hydrogens is 380 g/mol. The highest BCUT2D eigenvalue weighted by molar-refractivity contribution is 5.94. The molecule has 2 aromatic rings. The van der Waals surface area contributed by atoms with Gasteiger partial charge in [0.2, 0.25) is 11.8 Å². The fraction of sp³-hybridized carbons (Fsp3) is 0.417. The number of ether oxygens (including phenoxy) is 1. The van der Waals surface area contributed by atoms with Gasteiger partial charge >= 0.3 is 0 Å². The quantitative estimate of drug-likeness (QED) is 0.447.